The van der Waals surface area contributed by atoms with E-state index in [1.807, 2.05) is 6.92 Å². The van der Waals surface area contributed by atoms with Crippen molar-refractivity contribution in [1.82, 2.24) is 5.32 Å². The first-order valence-corrected chi connectivity index (χ1v) is 5.81. The number of benzene rings is 1. The van der Waals surface area contributed by atoms with Gasteiger partial charge in [-0.25, -0.2) is 4.39 Å². The zero-order valence-electron chi connectivity index (χ0n) is 10.5. The Labute approximate surface area is 101 Å². The van der Waals surface area contributed by atoms with Crippen LogP contribution in [0, 0.1) is 11.7 Å². The topological polar surface area (TPSA) is 55.1 Å². The Hall–Kier alpha value is -1.58. The molecule has 0 saturated heterocycles. The van der Waals surface area contributed by atoms with Gasteiger partial charge in [0.15, 0.2) is 0 Å². The molecule has 0 saturated carbocycles. The van der Waals surface area contributed by atoms with Crippen LogP contribution in [0.1, 0.15) is 37.6 Å². The largest absolute Gasteiger partial charge is 0.399 e. The van der Waals surface area contributed by atoms with Crippen molar-refractivity contribution >= 4 is 11.6 Å². The molecule has 2 atom stereocenters. The Morgan fingerprint density at radius 2 is 2.06 bits per heavy atom. The van der Waals surface area contributed by atoms with Gasteiger partial charge in [-0.05, 0) is 31.0 Å². The fourth-order valence-corrected chi connectivity index (χ4v) is 1.53. The zero-order chi connectivity index (χ0) is 13.0. The molecule has 1 rings (SSSR count). The molecular weight excluding hydrogens is 219 g/mol. The quantitative estimate of drug-likeness (QED) is 0.792. The van der Waals surface area contributed by atoms with Gasteiger partial charge in [-0.15, -0.1) is 0 Å². The Morgan fingerprint density at radius 3 is 2.59 bits per heavy atom. The van der Waals surface area contributed by atoms with Crippen molar-refractivity contribution in [2.24, 2.45) is 5.92 Å². The third-order valence-electron chi connectivity index (χ3n) is 3.04. The smallest absolute Gasteiger partial charge is 0.251 e. The third-order valence-corrected chi connectivity index (χ3v) is 3.04. The highest BCUT2D eigenvalue weighted by Gasteiger charge is 2.15. The molecule has 3 nitrogen and oxygen atoms in total. The van der Waals surface area contributed by atoms with Crippen LogP contribution in [0.2, 0.25) is 0 Å². The molecule has 0 heterocycles. The highest BCUT2D eigenvalue weighted by molar-refractivity contribution is 5.95. The van der Waals surface area contributed by atoms with Crippen LogP contribution in [0.5, 0.6) is 0 Å². The maximum absolute atomic E-state index is 13.1. The average Bonchev–Trinajstić information content (AvgIpc) is 2.26. The van der Waals surface area contributed by atoms with E-state index in [1.165, 1.54) is 18.2 Å². The lowest BCUT2D eigenvalue weighted by Crippen LogP contribution is -2.36. The van der Waals surface area contributed by atoms with Crippen LogP contribution in [0.3, 0.4) is 0 Å². The number of rotatable bonds is 4. The number of halogens is 1. The summed E-state index contributed by atoms with van der Waals surface area (Å²) < 4.78 is 13.1. The molecular formula is C13H19FN2O. The van der Waals surface area contributed by atoms with Crippen LogP contribution in [0.25, 0.3) is 0 Å². The maximum atomic E-state index is 13.1. The first-order valence-electron chi connectivity index (χ1n) is 5.81. The SMILES string of the molecule is CCC(C)C(C)NC(=O)c1cc(N)cc(F)c1. The van der Waals surface area contributed by atoms with Crippen LogP contribution in [0.4, 0.5) is 10.1 Å². The van der Waals surface area contributed by atoms with Crippen molar-refractivity contribution < 1.29 is 9.18 Å². The van der Waals surface area contributed by atoms with Crippen LogP contribution in [-0.2, 0) is 0 Å². The number of anilines is 1. The predicted octanol–water partition coefficient (Wildman–Crippen LogP) is 2.57. The molecule has 0 radical (unpaired) electrons. The second-order valence-corrected chi connectivity index (χ2v) is 4.42. The molecule has 1 amide bonds. The maximum Gasteiger partial charge on any atom is 0.251 e. The molecule has 1 aromatic carbocycles. The average molecular weight is 238 g/mol. The number of nitrogens with two attached hydrogens (primary N) is 1. The molecule has 0 spiro atoms. The Kier molecular flexibility index (Phi) is 4.49. The van der Waals surface area contributed by atoms with Gasteiger partial charge in [-0.2, -0.15) is 0 Å². The highest BCUT2D eigenvalue weighted by Crippen LogP contribution is 2.12. The summed E-state index contributed by atoms with van der Waals surface area (Å²) in [6, 6.07) is 3.91. The number of carbonyl (C=O) groups is 1. The number of carbonyl (C=O) groups excluding carboxylic acids is 1. The van der Waals surface area contributed by atoms with Gasteiger partial charge in [0.1, 0.15) is 5.82 Å². The summed E-state index contributed by atoms with van der Waals surface area (Å²) in [5.74, 6) is -0.403. The van der Waals surface area contributed by atoms with E-state index < -0.39 is 5.82 Å². The summed E-state index contributed by atoms with van der Waals surface area (Å²) in [7, 11) is 0. The summed E-state index contributed by atoms with van der Waals surface area (Å²) in [6.45, 7) is 6.06. The van der Waals surface area contributed by atoms with Gasteiger partial charge >= 0.3 is 0 Å². The van der Waals surface area contributed by atoms with Crippen LogP contribution >= 0.6 is 0 Å². The van der Waals surface area contributed by atoms with E-state index in [0.29, 0.717) is 5.92 Å². The number of hydrogen-bond donors (Lipinski definition) is 2. The summed E-state index contributed by atoms with van der Waals surface area (Å²) in [6.07, 6.45) is 0.979. The predicted molar refractivity (Wildman–Crippen MR) is 67.2 cm³/mol. The molecule has 4 heteroatoms. The van der Waals surface area contributed by atoms with Crippen molar-refractivity contribution in [3.8, 4) is 0 Å². The minimum Gasteiger partial charge on any atom is -0.399 e. The van der Waals surface area contributed by atoms with Crippen molar-refractivity contribution in [2.75, 3.05) is 5.73 Å². The van der Waals surface area contributed by atoms with E-state index in [9.17, 15) is 9.18 Å². The monoisotopic (exact) mass is 238 g/mol. The van der Waals surface area contributed by atoms with E-state index in [2.05, 4.69) is 19.2 Å². The molecule has 2 unspecified atom stereocenters. The van der Waals surface area contributed by atoms with E-state index in [-0.39, 0.29) is 23.2 Å². The summed E-state index contributed by atoms with van der Waals surface area (Å²) in [4.78, 5) is 11.8. The van der Waals surface area contributed by atoms with Crippen LogP contribution < -0.4 is 11.1 Å². The number of nitrogens with one attached hydrogen (secondary N) is 1. The van der Waals surface area contributed by atoms with Gasteiger partial charge in [0, 0.05) is 17.3 Å². The first kappa shape index (κ1) is 13.5. The molecule has 0 aliphatic rings. The van der Waals surface area contributed by atoms with E-state index in [4.69, 9.17) is 5.73 Å². The van der Waals surface area contributed by atoms with Gasteiger partial charge in [0.25, 0.3) is 5.91 Å². The van der Waals surface area contributed by atoms with Gasteiger partial charge < -0.3 is 11.1 Å². The normalized spacial score (nSPS) is 14.1. The highest BCUT2D eigenvalue weighted by atomic mass is 19.1. The van der Waals surface area contributed by atoms with Gasteiger partial charge in [-0.3, -0.25) is 4.79 Å². The van der Waals surface area contributed by atoms with E-state index in [1.54, 1.807) is 0 Å². The minimum atomic E-state index is -0.494. The standard InChI is InChI=1S/C13H19FN2O/c1-4-8(2)9(3)16-13(17)10-5-11(14)7-12(15)6-10/h5-9H,4,15H2,1-3H3,(H,16,17). The number of hydrogen-bond acceptors (Lipinski definition) is 2. The fraction of sp³-hybridized carbons (Fsp3) is 0.462. The third kappa shape index (κ3) is 3.73. The van der Waals surface area contributed by atoms with Gasteiger partial charge in [-0.1, -0.05) is 20.3 Å². The van der Waals surface area contributed by atoms with Crippen LogP contribution in [-0.4, -0.2) is 11.9 Å². The van der Waals surface area contributed by atoms with Crippen LogP contribution in [0.15, 0.2) is 18.2 Å². The van der Waals surface area contributed by atoms with Crippen molar-refractivity contribution in [2.45, 2.75) is 33.2 Å². The molecule has 17 heavy (non-hydrogen) atoms. The van der Waals surface area contributed by atoms with Gasteiger partial charge in [0.05, 0.1) is 0 Å². The lowest BCUT2D eigenvalue weighted by molar-refractivity contribution is 0.0927. The molecule has 94 valence electrons. The Bertz CT molecular complexity index is 386. The lowest BCUT2D eigenvalue weighted by Gasteiger charge is -2.19. The molecule has 0 aliphatic carbocycles. The minimum absolute atomic E-state index is 0.0528. The van der Waals surface area contributed by atoms with E-state index in [0.717, 1.165) is 6.42 Å². The number of amides is 1. The summed E-state index contributed by atoms with van der Waals surface area (Å²) in [5, 5.41) is 2.84. The van der Waals surface area contributed by atoms with Crippen molar-refractivity contribution in [3.63, 3.8) is 0 Å². The Morgan fingerprint density at radius 1 is 1.41 bits per heavy atom. The van der Waals surface area contributed by atoms with Gasteiger partial charge in [0.2, 0.25) is 0 Å². The summed E-state index contributed by atoms with van der Waals surface area (Å²) >= 11 is 0. The molecule has 1 aromatic rings. The number of nitrogen functional groups attached to an aromatic ring is 1. The van der Waals surface area contributed by atoms with Crippen molar-refractivity contribution in [3.05, 3.63) is 29.6 Å². The Balaban J connectivity index is 2.76. The molecule has 0 bridgehead atoms. The lowest BCUT2D eigenvalue weighted by atomic mass is 10.0. The fourth-order valence-electron chi connectivity index (χ4n) is 1.53. The first-order chi connectivity index (χ1) is 7.93. The summed E-state index contributed by atoms with van der Waals surface area (Å²) in [5.41, 5.74) is 6.01. The zero-order valence-corrected chi connectivity index (χ0v) is 10.5. The van der Waals surface area contributed by atoms with E-state index >= 15 is 0 Å². The van der Waals surface area contributed by atoms with Crippen molar-refractivity contribution in [1.29, 1.82) is 0 Å². The molecule has 0 aromatic heterocycles. The second-order valence-electron chi connectivity index (χ2n) is 4.42. The molecule has 3 N–H and O–H groups in total. The second kappa shape index (κ2) is 5.66. The molecule has 0 fully saturated rings. The molecule has 0 aliphatic heterocycles.